The molecule has 0 rings (SSSR count). The topological polar surface area (TPSA) is 18.5 Å². The standard InChI is InChI=1S/C14H32O2Si/c1-6-9-11-15-17(8-3,13-14(4)5)16-12-10-7-2/h14H,6-13H2,1-5H3. The third kappa shape index (κ3) is 7.95. The summed E-state index contributed by atoms with van der Waals surface area (Å²) in [6, 6.07) is 2.22. The van der Waals surface area contributed by atoms with E-state index in [-0.39, 0.29) is 0 Å². The van der Waals surface area contributed by atoms with Gasteiger partial charge in [0.15, 0.2) is 0 Å². The highest BCUT2D eigenvalue weighted by molar-refractivity contribution is 6.67. The summed E-state index contributed by atoms with van der Waals surface area (Å²) in [6.07, 6.45) is 4.71. The molecule has 0 aliphatic heterocycles. The predicted octanol–water partition coefficient (Wildman–Crippen LogP) is 4.74. The molecule has 0 N–H and O–H groups in total. The zero-order valence-corrected chi connectivity index (χ0v) is 13.6. The van der Waals surface area contributed by atoms with E-state index in [4.69, 9.17) is 8.85 Å². The second kappa shape index (κ2) is 10.1. The second-order valence-electron chi connectivity index (χ2n) is 5.27. The number of unbranched alkanes of at least 4 members (excludes halogenated alkanes) is 2. The van der Waals surface area contributed by atoms with Crippen molar-refractivity contribution in [3.8, 4) is 0 Å². The Labute approximate surface area is 109 Å². The van der Waals surface area contributed by atoms with Gasteiger partial charge < -0.3 is 8.85 Å². The van der Waals surface area contributed by atoms with E-state index in [0.717, 1.165) is 38.1 Å². The Morgan fingerprint density at radius 3 is 1.65 bits per heavy atom. The van der Waals surface area contributed by atoms with E-state index < -0.39 is 8.56 Å². The minimum absolute atomic E-state index is 0.671. The molecule has 0 spiro atoms. The lowest BCUT2D eigenvalue weighted by Gasteiger charge is -2.31. The van der Waals surface area contributed by atoms with Crippen molar-refractivity contribution in [2.45, 2.75) is 72.4 Å². The van der Waals surface area contributed by atoms with Crippen LogP contribution in [0.3, 0.4) is 0 Å². The molecule has 0 aromatic carbocycles. The van der Waals surface area contributed by atoms with Crippen LogP contribution in [0.2, 0.25) is 12.1 Å². The van der Waals surface area contributed by atoms with Crippen LogP contribution in [0, 0.1) is 5.92 Å². The van der Waals surface area contributed by atoms with Gasteiger partial charge in [0.2, 0.25) is 0 Å². The third-order valence-electron chi connectivity index (χ3n) is 2.98. The van der Waals surface area contributed by atoms with Crippen molar-refractivity contribution >= 4 is 8.56 Å². The molecule has 0 bridgehead atoms. The van der Waals surface area contributed by atoms with E-state index in [9.17, 15) is 0 Å². The van der Waals surface area contributed by atoms with Gasteiger partial charge in [0.05, 0.1) is 0 Å². The molecule has 0 aromatic heterocycles. The van der Waals surface area contributed by atoms with Crippen LogP contribution >= 0.6 is 0 Å². The fourth-order valence-electron chi connectivity index (χ4n) is 1.94. The van der Waals surface area contributed by atoms with Crippen LogP contribution in [0.1, 0.15) is 60.3 Å². The van der Waals surface area contributed by atoms with Crippen LogP contribution in [0.4, 0.5) is 0 Å². The first-order valence-corrected chi connectivity index (χ1v) is 9.61. The smallest absolute Gasteiger partial charge is 0.338 e. The van der Waals surface area contributed by atoms with Crippen molar-refractivity contribution in [2.24, 2.45) is 5.92 Å². The van der Waals surface area contributed by atoms with E-state index in [2.05, 4.69) is 34.6 Å². The van der Waals surface area contributed by atoms with E-state index in [1.54, 1.807) is 0 Å². The van der Waals surface area contributed by atoms with Crippen LogP contribution in [0.25, 0.3) is 0 Å². The maximum Gasteiger partial charge on any atom is 0.338 e. The SMILES string of the molecule is CCCCO[Si](CC)(CC(C)C)OCCCC. The maximum atomic E-state index is 6.19. The molecule has 0 saturated carbocycles. The number of hydrogen-bond donors (Lipinski definition) is 0. The van der Waals surface area contributed by atoms with E-state index in [0.29, 0.717) is 5.92 Å². The molecule has 0 atom stereocenters. The lowest BCUT2D eigenvalue weighted by Crippen LogP contribution is -2.43. The van der Waals surface area contributed by atoms with E-state index in [1.807, 2.05) is 0 Å². The number of rotatable bonds is 11. The summed E-state index contributed by atoms with van der Waals surface area (Å²) in [5.41, 5.74) is 0. The molecule has 3 heteroatoms. The van der Waals surface area contributed by atoms with Crippen LogP contribution in [0.15, 0.2) is 0 Å². The van der Waals surface area contributed by atoms with Gasteiger partial charge in [0.1, 0.15) is 0 Å². The molecule has 0 fully saturated rings. The molecule has 0 unspecified atom stereocenters. The first-order chi connectivity index (χ1) is 8.10. The van der Waals surface area contributed by atoms with Gasteiger partial charge in [-0.3, -0.25) is 0 Å². The van der Waals surface area contributed by atoms with Gasteiger partial charge in [-0.25, -0.2) is 0 Å². The van der Waals surface area contributed by atoms with Crippen LogP contribution < -0.4 is 0 Å². The van der Waals surface area contributed by atoms with E-state index in [1.165, 1.54) is 12.8 Å². The predicted molar refractivity (Wildman–Crippen MR) is 77.6 cm³/mol. The summed E-state index contributed by atoms with van der Waals surface area (Å²) < 4.78 is 12.4. The minimum atomic E-state index is -1.91. The fourth-order valence-corrected chi connectivity index (χ4v) is 5.23. The Bertz CT molecular complexity index is 162. The second-order valence-corrected chi connectivity index (χ2v) is 8.78. The Balaban J connectivity index is 4.28. The molecule has 0 saturated heterocycles. The van der Waals surface area contributed by atoms with Crippen molar-refractivity contribution in [2.75, 3.05) is 13.2 Å². The third-order valence-corrected chi connectivity index (χ3v) is 6.96. The Kier molecular flexibility index (Phi) is 10.2. The van der Waals surface area contributed by atoms with Crippen molar-refractivity contribution in [1.82, 2.24) is 0 Å². The molecule has 0 aliphatic carbocycles. The lowest BCUT2D eigenvalue weighted by atomic mass is 10.3. The van der Waals surface area contributed by atoms with Crippen molar-refractivity contribution < 1.29 is 8.85 Å². The van der Waals surface area contributed by atoms with Gasteiger partial charge in [-0.15, -0.1) is 0 Å². The largest absolute Gasteiger partial charge is 0.394 e. The first kappa shape index (κ1) is 17.1. The van der Waals surface area contributed by atoms with Crippen molar-refractivity contribution in [1.29, 1.82) is 0 Å². The molecule has 0 heterocycles. The zero-order valence-electron chi connectivity index (χ0n) is 12.6. The first-order valence-electron chi connectivity index (χ1n) is 7.38. The summed E-state index contributed by atoms with van der Waals surface area (Å²) in [4.78, 5) is 0. The van der Waals surface area contributed by atoms with Gasteiger partial charge >= 0.3 is 8.56 Å². The minimum Gasteiger partial charge on any atom is -0.394 e. The molecule has 0 aliphatic rings. The highest BCUT2D eigenvalue weighted by Crippen LogP contribution is 2.24. The van der Waals surface area contributed by atoms with Gasteiger partial charge in [-0.05, 0) is 30.8 Å². The van der Waals surface area contributed by atoms with Gasteiger partial charge in [0.25, 0.3) is 0 Å². The summed E-state index contributed by atoms with van der Waals surface area (Å²) in [5, 5.41) is 0. The molecule has 17 heavy (non-hydrogen) atoms. The average Bonchev–Trinajstić information content (AvgIpc) is 2.28. The van der Waals surface area contributed by atoms with Crippen molar-refractivity contribution in [3.05, 3.63) is 0 Å². The Hall–Kier alpha value is 0.137. The molecule has 2 nitrogen and oxygen atoms in total. The fraction of sp³-hybridized carbons (Fsp3) is 1.00. The van der Waals surface area contributed by atoms with Crippen LogP contribution in [-0.2, 0) is 8.85 Å². The van der Waals surface area contributed by atoms with E-state index >= 15 is 0 Å². The van der Waals surface area contributed by atoms with Crippen LogP contribution in [-0.4, -0.2) is 21.8 Å². The summed E-state index contributed by atoms with van der Waals surface area (Å²) in [7, 11) is -1.91. The molecular formula is C14H32O2Si. The van der Waals surface area contributed by atoms with Gasteiger partial charge in [-0.1, -0.05) is 47.5 Å². The van der Waals surface area contributed by atoms with Gasteiger partial charge in [0, 0.05) is 13.2 Å². The Morgan fingerprint density at radius 1 is 0.882 bits per heavy atom. The maximum absolute atomic E-state index is 6.19. The monoisotopic (exact) mass is 260 g/mol. The molecule has 0 radical (unpaired) electrons. The van der Waals surface area contributed by atoms with Gasteiger partial charge in [-0.2, -0.15) is 0 Å². The summed E-state index contributed by atoms with van der Waals surface area (Å²) >= 11 is 0. The van der Waals surface area contributed by atoms with Crippen LogP contribution in [0.5, 0.6) is 0 Å². The summed E-state index contributed by atoms with van der Waals surface area (Å²) in [6.45, 7) is 12.9. The highest BCUT2D eigenvalue weighted by atomic mass is 28.4. The molecule has 0 aromatic rings. The lowest BCUT2D eigenvalue weighted by molar-refractivity contribution is 0.160. The zero-order chi connectivity index (χ0) is 13.1. The number of hydrogen-bond acceptors (Lipinski definition) is 2. The molecule has 104 valence electrons. The van der Waals surface area contributed by atoms with Crippen molar-refractivity contribution in [3.63, 3.8) is 0 Å². The highest BCUT2D eigenvalue weighted by Gasteiger charge is 2.36. The summed E-state index contributed by atoms with van der Waals surface area (Å²) in [5.74, 6) is 0.671. The molecular weight excluding hydrogens is 228 g/mol. The average molecular weight is 260 g/mol. The molecule has 0 amide bonds. The quantitative estimate of drug-likeness (QED) is 0.395. The normalized spacial score (nSPS) is 12.4. The Morgan fingerprint density at radius 2 is 1.35 bits per heavy atom.